The Hall–Kier alpha value is -0.750. The Labute approximate surface area is 113 Å². The van der Waals surface area contributed by atoms with E-state index in [9.17, 15) is 4.79 Å². The van der Waals surface area contributed by atoms with E-state index >= 15 is 0 Å². The molecule has 0 rings (SSSR count). The zero-order valence-electron chi connectivity index (χ0n) is 11.4. The molecule has 0 radical (unpaired) electrons. The van der Waals surface area contributed by atoms with Crippen LogP contribution < -0.4 is 11.5 Å². The molecule has 5 N–H and O–H groups in total. The molecule has 0 saturated heterocycles. The maximum atomic E-state index is 10.8. The number of aliphatic imine (C=N–C) groups is 1. The van der Waals surface area contributed by atoms with Crippen molar-refractivity contribution < 1.29 is 9.90 Å². The van der Waals surface area contributed by atoms with Crippen LogP contribution in [0, 0.1) is 11.8 Å². The monoisotopic (exact) mass is 275 g/mol. The largest absolute Gasteiger partial charge is 0.480 e. The van der Waals surface area contributed by atoms with Gasteiger partial charge in [0.05, 0.1) is 0 Å². The molecular formula is C12H25N3O2S. The zero-order valence-corrected chi connectivity index (χ0v) is 12.2. The van der Waals surface area contributed by atoms with Crippen molar-refractivity contribution in [1.82, 2.24) is 0 Å². The third-order valence-corrected chi connectivity index (χ3v) is 3.91. The minimum atomic E-state index is -0.951. The van der Waals surface area contributed by atoms with E-state index in [1.54, 1.807) is 0 Å². The Balaban J connectivity index is 4.06. The SMILES string of the molecule is CCC(CCN=C(N)SCC(C)C)[C@H](N)C(=O)O. The van der Waals surface area contributed by atoms with Gasteiger partial charge in [-0.15, -0.1) is 0 Å². The molecule has 0 aliphatic carbocycles. The van der Waals surface area contributed by atoms with Gasteiger partial charge in [0.15, 0.2) is 5.17 Å². The molecule has 0 heterocycles. The molecule has 2 atom stereocenters. The van der Waals surface area contributed by atoms with E-state index in [0.717, 1.165) is 12.2 Å². The van der Waals surface area contributed by atoms with Gasteiger partial charge in [-0.25, -0.2) is 0 Å². The molecule has 0 bridgehead atoms. The second-order valence-corrected chi connectivity index (χ2v) is 5.79. The molecule has 0 saturated carbocycles. The number of nitrogens with two attached hydrogens (primary N) is 2. The first-order chi connectivity index (χ1) is 8.38. The van der Waals surface area contributed by atoms with E-state index in [1.807, 2.05) is 6.92 Å². The smallest absolute Gasteiger partial charge is 0.320 e. The predicted octanol–water partition coefficient (Wildman–Crippen LogP) is 1.52. The number of hydrogen-bond donors (Lipinski definition) is 3. The van der Waals surface area contributed by atoms with Crippen molar-refractivity contribution in [3.63, 3.8) is 0 Å². The van der Waals surface area contributed by atoms with Crippen molar-refractivity contribution in [3.8, 4) is 0 Å². The van der Waals surface area contributed by atoms with Crippen molar-refractivity contribution >= 4 is 22.9 Å². The van der Waals surface area contributed by atoms with Gasteiger partial charge in [-0.3, -0.25) is 9.79 Å². The number of aliphatic carboxylic acids is 1. The van der Waals surface area contributed by atoms with Gasteiger partial charge in [0.25, 0.3) is 0 Å². The van der Waals surface area contributed by atoms with Gasteiger partial charge in [-0.1, -0.05) is 39.0 Å². The number of hydrogen-bond acceptors (Lipinski definition) is 4. The van der Waals surface area contributed by atoms with Crippen LogP contribution in [-0.4, -0.2) is 34.6 Å². The minimum absolute atomic E-state index is 0.0471. The summed E-state index contributed by atoms with van der Waals surface area (Å²) in [6.07, 6.45) is 1.40. The van der Waals surface area contributed by atoms with Gasteiger partial charge in [-0.2, -0.15) is 0 Å². The summed E-state index contributed by atoms with van der Waals surface area (Å²) in [6, 6.07) is -0.810. The molecule has 0 spiro atoms. The van der Waals surface area contributed by atoms with Crippen LogP contribution in [0.5, 0.6) is 0 Å². The number of carboxylic acids is 1. The lowest BCUT2D eigenvalue weighted by Crippen LogP contribution is -2.38. The summed E-state index contributed by atoms with van der Waals surface area (Å²) in [7, 11) is 0. The van der Waals surface area contributed by atoms with Crippen LogP contribution in [-0.2, 0) is 4.79 Å². The summed E-state index contributed by atoms with van der Waals surface area (Å²) >= 11 is 1.54. The molecule has 0 fully saturated rings. The normalized spacial score (nSPS) is 15.7. The lowest BCUT2D eigenvalue weighted by atomic mass is 9.94. The number of carboxylic acid groups (broad SMARTS) is 1. The van der Waals surface area contributed by atoms with Crippen molar-refractivity contribution in [2.24, 2.45) is 28.3 Å². The van der Waals surface area contributed by atoms with Gasteiger partial charge >= 0.3 is 5.97 Å². The molecular weight excluding hydrogens is 250 g/mol. The Morgan fingerprint density at radius 2 is 2.06 bits per heavy atom. The van der Waals surface area contributed by atoms with Crippen LogP contribution >= 0.6 is 11.8 Å². The second kappa shape index (κ2) is 9.22. The van der Waals surface area contributed by atoms with Crippen LogP contribution in [0.1, 0.15) is 33.6 Å². The lowest BCUT2D eigenvalue weighted by Gasteiger charge is -2.17. The van der Waals surface area contributed by atoms with Crippen molar-refractivity contribution in [3.05, 3.63) is 0 Å². The summed E-state index contributed by atoms with van der Waals surface area (Å²) in [6.45, 7) is 6.73. The van der Waals surface area contributed by atoms with E-state index in [0.29, 0.717) is 24.1 Å². The molecule has 18 heavy (non-hydrogen) atoms. The molecule has 0 aliphatic rings. The molecule has 5 nitrogen and oxygen atoms in total. The maximum absolute atomic E-state index is 10.8. The van der Waals surface area contributed by atoms with Crippen LogP contribution in [0.25, 0.3) is 0 Å². The molecule has 6 heteroatoms. The lowest BCUT2D eigenvalue weighted by molar-refractivity contribution is -0.139. The van der Waals surface area contributed by atoms with Gasteiger partial charge in [0.1, 0.15) is 6.04 Å². The first kappa shape index (κ1) is 17.2. The van der Waals surface area contributed by atoms with Crippen LogP contribution in [0.3, 0.4) is 0 Å². The van der Waals surface area contributed by atoms with Crippen molar-refractivity contribution in [2.75, 3.05) is 12.3 Å². The van der Waals surface area contributed by atoms with E-state index in [-0.39, 0.29) is 5.92 Å². The highest BCUT2D eigenvalue weighted by Gasteiger charge is 2.21. The molecule has 0 aromatic heterocycles. The topological polar surface area (TPSA) is 102 Å². The minimum Gasteiger partial charge on any atom is -0.480 e. The molecule has 0 amide bonds. The molecule has 0 aromatic carbocycles. The average molecular weight is 275 g/mol. The van der Waals surface area contributed by atoms with Gasteiger partial charge in [0.2, 0.25) is 0 Å². The Bertz CT molecular complexity index is 282. The summed E-state index contributed by atoms with van der Waals surface area (Å²) in [5.74, 6) is 0.524. The fourth-order valence-corrected chi connectivity index (χ4v) is 2.16. The number of carbonyl (C=O) groups is 1. The van der Waals surface area contributed by atoms with E-state index < -0.39 is 12.0 Å². The number of nitrogens with zero attached hydrogens (tertiary/aromatic N) is 1. The fourth-order valence-electron chi connectivity index (χ4n) is 1.48. The highest BCUT2D eigenvalue weighted by atomic mass is 32.2. The Morgan fingerprint density at radius 3 is 2.50 bits per heavy atom. The molecule has 0 aromatic rings. The summed E-state index contributed by atoms with van der Waals surface area (Å²) in [5, 5.41) is 9.42. The standard InChI is InChI=1S/C12H25N3O2S/c1-4-9(10(13)11(16)17)5-6-15-12(14)18-7-8(2)3/h8-10H,4-7,13H2,1-3H3,(H2,14,15)(H,16,17)/t9?,10-/m0/s1. The van der Waals surface area contributed by atoms with Crippen LogP contribution in [0.4, 0.5) is 0 Å². The fraction of sp³-hybridized carbons (Fsp3) is 0.833. The molecule has 1 unspecified atom stereocenters. The Morgan fingerprint density at radius 1 is 1.44 bits per heavy atom. The second-order valence-electron chi connectivity index (χ2n) is 4.75. The highest BCUT2D eigenvalue weighted by molar-refractivity contribution is 8.13. The first-order valence-corrected chi connectivity index (χ1v) is 7.28. The molecule has 0 aliphatic heterocycles. The van der Waals surface area contributed by atoms with Gasteiger partial charge in [0, 0.05) is 12.3 Å². The van der Waals surface area contributed by atoms with E-state index in [2.05, 4.69) is 18.8 Å². The quantitative estimate of drug-likeness (QED) is 0.460. The van der Waals surface area contributed by atoms with Crippen molar-refractivity contribution in [2.45, 2.75) is 39.7 Å². The van der Waals surface area contributed by atoms with Crippen LogP contribution in [0.15, 0.2) is 4.99 Å². The van der Waals surface area contributed by atoms with Crippen LogP contribution in [0.2, 0.25) is 0 Å². The maximum Gasteiger partial charge on any atom is 0.320 e. The van der Waals surface area contributed by atoms with Gasteiger partial charge < -0.3 is 16.6 Å². The number of thioether (sulfide) groups is 1. The van der Waals surface area contributed by atoms with Gasteiger partial charge in [-0.05, 0) is 18.3 Å². The first-order valence-electron chi connectivity index (χ1n) is 6.29. The summed E-state index contributed by atoms with van der Waals surface area (Å²) in [4.78, 5) is 15.0. The third-order valence-electron chi connectivity index (χ3n) is 2.65. The number of amidine groups is 1. The Kier molecular flexibility index (Phi) is 8.83. The average Bonchev–Trinajstić information content (AvgIpc) is 2.31. The molecule has 106 valence electrons. The zero-order chi connectivity index (χ0) is 14.1. The van der Waals surface area contributed by atoms with E-state index in [1.165, 1.54) is 11.8 Å². The number of rotatable bonds is 8. The predicted molar refractivity (Wildman–Crippen MR) is 77.8 cm³/mol. The highest BCUT2D eigenvalue weighted by Crippen LogP contribution is 2.13. The summed E-state index contributed by atoms with van der Waals surface area (Å²) < 4.78 is 0. The van der Waals surface area contributed by atoms with E-state index in [4.69, 9.17) is 16.6 Å². The van der Waals surface area contributed by atoms with Crippen molar-refractivity contribution in [1.29, 1.82) is 0 Å². The third kappa shape index (κ3) is 7.55. The summed E-state index contributed by atoms with van der Waals surface area (Å²) in [5.41, 5.74) is 11.4.